The zero-order chi connectivity index (χ0) is 21.6. The Morgan fingerprint density at radius 2 is 0.875 bits per heavy atom. The Labute approximate surface area is 197 Å². The van der Waals surface area contributed by atoms with Crippen LogP contribution in [0.15, 0.2) is 158 Å². The predicted molar refractivity (Wildman–Crippen MR) is 136 cm³/mol. The molecule has 0 aromatic heterocycles. The van der Waals surface area contributed by atoms with E-state index in [1.54, 1.807) is 11.8 Å². The third-order valence-electron chi connectivity index (χ3n) is 5.16. The van der Waals surface area contributed by atoms with E-state index in [2.05, 4.69) is 127 Å². The first-order chi connectivity index (χ1) is 15.9. The highest BCUT2D eigenvalue weighted by molar-refractivity contribution is 7.99. The van der Waals surface area contributed by atoms with E-state index >= 15 is 0 Å². The van der Waals surface area contributed by atoms with Gasteiger partial charge in [-0.25, -0.2) is 0 Å². The zero-order valence-corrected chi connectivity index (χ0v) is 19.2. The van der Waals surface area contributed by atoms with Gasteiger partial charge in [0.1, 0.15) is 0 Å². The molecule has 5 aromatic carbocycles. The van der Waals surface area contributed by atoms with Crippen molar-refractivity contribution in [3.8, 4) is 11.1 Å². The molecule has 1 radical (unpaired) electrons. The van der Waals surface area contributed by atoms with Gasteiger partial charge in [-0.3, -0.25) is 0 Å². The molecule has 2 heteroatoms. The maximum absolute atomic E-state index is 3.08. The van der Waals surface area contributed by atoms with Crippen LogP contribution in [-0.2, 0) is 10.9 Å². The summed E-state index contributed by atoms with van der Waals surface area (Å²) in [6, 6.07) is 50.6. The molecule has 0 heterocycles. The topological polar surface area (TPSA) is 0 Å². The van der Waals surface area contributed by atoms with Crippen LogP contribution in [0.4, 0.5) is 0 Å². The summed E-state index contributed by atoms with van der Waals surface area (Å²) in [6.07, 6.45) is 0. The van der Waals surface area contributed by atoms with E-state index < -0.39 is 0 Å². The molecule has 0 N–H and O–H groups in total. The molecule has 0 aliphatic heterocycles. The third-order valence-corrected chi connectivity index (χ3v) is 8.41. The van der Waals surface area contributed by atoms with Crippen LogP contribution in [0.5, 0.6) is 0 Å². The van der Waals surface area contributed by atoms with Gasteiger partial charge in [0.15, 0.2) is 14.7 Å². The van der Waals surface area contributed by atoms with Gasteiger partial charge in [-0.15, -0.1) is 0 Å². The summed E-state index contributed by atoms with van der Waals surface area (Å²) < 4.78 is 0. The van der Waals surface area contributed by atoms with E-state index in [1.165, 1.54) is 35.6 Å². The third kappa shape index (κ3) is 4.83. The zero-order valence-electron chi connectivity index (χ0n) is 17.5. The summed E-state index contributed by atoms with van der Waals surface area (Å²) in [5.74, 6) is 0. The van der Waals surface area contributed by atoms with Gasteiger partial charge in [0.2, 0.25) is 0 Å². The maximum atomic E-state index is 3.08. The van der Waals surface area contributed by atoms with Gasteiger partial charge >= 0.3 is 0 Å². The van der Waals surface area contributed by atoms with Crippen LogP contribution in [0.2, 0.25) is 0 Å². The number of hydrogen-bond donors (Lipinski definition) is 0. The van der Waals surface area contributed by atoms with Gasteiger partial charge in [-0.2, -0.15) is 0 Å². The highest BCUT2D eigenvalue weighted by atomic mass is 32.2. The second-order valence-electron chi connectivity index (χ2n) is 7.32. The molecule has 0 nitrogen and oxygen atoms in total. The van der Waals surface area contributed by atoms with E-state index in [-0.39, 0.29) is 10.9 Å². The lowest BCUT2D eigenvalue weighted by atomic mass is 10.1. The van der Waals surface area contributed by atoms with Crippen molar-refractivity contribution >= 4 is 22.7 Å². The Hall–Kier alpha value is -3.20. The number of benzene rings is 5. The van der Waals surface area contributed by atoms with Gasteiger partial charge in [-0.1, -0.05) is 84.6 Å². The lowest BCUT2D eigenvalue weighted by Gasteiger charge is -2.09. The lowest BCUT2D eigenvalue weighted by Crippen LogP contribution is -2.04. The van der Waals surface area contributed by atoms with E-state index in [0.717, 1.165) is 0 Å². The highest BCUT2D eigenvalue weighted by Gasteiger charge is 2.28. The second kappa shape index (κ2) is 9.95. The van der Waals surface area contributed by atoms with E-state index in [4.69, 9.17) is 0 Å². The Morgan fingerprint density at radius 3 is 1.41 bits per heavy atom. The van der Waals surface area contributed by atoms with E-state index in [1.807, 2.05) is 12.1 Å². The van der Waals surface area contributed by atoms with Gasteiger partial charge in [0, 0.05) is 9.79 Å². The summed E-state index contributed by atoms with van der Waals surface area (Å²) in [5, 5.41) is 0. The summed E-state index contributed by atoms with van der Waals surface area (Å²) in [4.78, 5) is 6.51. The molecule has 0 saturated heterocycles. The summed E-state index contributed by atoms with van der Waals surface area (Å²) in [7, 11) is -0.105. The first kappa shape index (κ1) is 20.7. The van der Waals surface area contributed by atoms with Crippen molar-refractivity contribution in [1.82, 2.24) is 0 Å². The molecule has 5 rings (SSSR count). The Bertz CT molecular complexity index is 1210. The van der Waals surface area contributed by atoms with Crippen molar-refractivity contribution < 1.29 is 0 Å². The normalized spacial score (nSPS) is 10.9. The molecular weight excluding hydrogens is 424 g/mol. The summed E-state index contributed by atoms with van der Waals surface area (Å²) in [6.45, 7) is 0. The fourth-order valence-electron chi connectivity index (χ4n) is 3.60. The molecule has 0 fully saturated rings. The second-order valence-corrected chi connectivity index (χ2v) is 10.5. The summed E-state index contributed by atoms with van der Waals surface area (Å²) in [5.41, 5.74) is 2.45. The first-order valence-corrected chi connectivity index (χ1v) is 12.6. The van der Waals surface area contributed by atoms with Gasteiger partial charge in [0.05, 0.1) is 10.9 Å². The average molecular weight is 447 g/mol. The molecule has 32 heavy (non-hydrogen) atoms. The van der Waals surface area contributed by atoms with E-state index in [9.17, 15) is 0 Å². The van der Waals surface area contributed by atoms with Crippen LogP contribution in [0.25, 0.3) is 11.1 Å². The fourth-order valence-corrected chi connectivity index (χ4v) is 6.50. The minimum atomic E-state index is -0.105. The van der Waals surface area contributed by atoms with Crippen molar-refractivity contribution in [2.75, 3.05) is 0 Å². The fraction of sp³-hybridized carbons (Fsp3) is 0. The molecule has 0 atom stereocenters. The van der Waals surface area contributed by atoms with Crippen molar-refractivity contribution in [2.45, 2.75) is 24.5 Å². The van der Waals surface area contributed by atoms with Gasteiger partial charge in [-0.05, 0) is 77.9 Å². The van der Waals surface area contributed by atoms with Gasteiger partial charge in [0.25, 0.3) is 0 Å². The van der Waals surface area contributed by atoms with Crippen LogP contribution < -0.4 is 0 Å². The number of hydrogen-bond acceptors (Lipinski definition) is 1. The lowest BCUT2D eigenvalue weighted by molar-refractivity contribution is 1.28. The smallest absolute Gasteiger partial charge is 0.0901 e. The molecule has 0 bridgehead atoms. The quantitative estimate of drug-likeness (QED) is 0.236. The molecule has 153 valence electrons. The van der Waals surface area contributed by atoms with Crippen molar-refractivity contribution in [1.29, 1.82) is 0 Å². The molecule has 0 aliphatic carbocycles. The van der Waals surface area contributed by atoms with Crippen molar-refractivity contribution in [3.63, 3.8) is 0 Å². The van der Waals surface area contributed by atoms with Crippen LogP contribution in [0.1, 0.15) is 0 Å². The predicted octanol–water partition coefficient (Wildman–Crippen LogP) is 8.40. The largest absolute Gasteiger partial charge is 0.166 e. The monoisotopic (exact) mass is 446 g/mol. The minimum absolute atomic E-state index is 0.105. The Balaban J connectivity index is 1.37. The summed E-state index contributed by atoms with van der Waals surface area (Å²) >= 11 is 1.80. The van der Waals surface area contributed by atoms with Crippen molar-refractivity contribution in [2.24, 2.45) is 0 Å². The molecule has 0 aliphatic rings. The molecular formula is C30H22S2+. The molecule has 0 spiro atoms. The van der Waals surface area contributed by atoms with Crippen LogP contribution in [0, 0.1) is 6.07 Å². The first-order valence-electron chi connectivity index (χ1n) is 10.6. The van der Waals surface area contributed by atoms with Crippen molar-refractivity contribution in [3.05, 3.63) is 140 Å². The van der Waals surface area contributed by atoms with E-state index in [0.29, 0.717) is 0 Å². The molecule has 0 amide bonds. The minimum Gasteiger partial charge on any atom is -0.0901 e. The van der Waals surface area contributed by atoms with Gasteiger partial charge < -0.3 is 0 Å². The average Bonchev–Trinajstić information content (AvgIpc) is 2.88. The Kier molecular flexibility index (Phi) is 6.43. The highest BCUT2D eigenvalue weighted by Crippen LogP contribution is 2.34. The Morgan fingerprint density at radius 1 is 0.438 bits per heavy atom. The van der Waals surface area contributed by atoms with Crippen LogP contribution in [-0.4, -0.2) is 0 Å². The van der Waals surface area contributed by atoms with Crippen LogP contribution >= 0.6 is 11.8 Å². The molecule has 5 aromatic rings. The maximum Gasteiger partial charge on any atom is 0.166 e. The molecule has 0 saturated carbocycles. The standard InChI is InChI=1S/C30H22S2/c1-4-10-24(11-5-1)25-16-18-26(19-17-25)31-27-20-22-30(23-21-27)32(28-12-6-2-7-13-28)29-14-8-3-9-15-29/h2-23H/q+1. The SMILES string of the molecule is [c]1ccc(-c2ccc(Sc3ccc([S+](c4ccccc4)c4ccccc4)cc3)cc2)cc1. The number of rotatable bonds is 6. The molecule has 0 unspecified atom stereocenters. The van der Waals surface area contributed by atoms with Crippen LogP contribution in [0.3, 0.4) is 0 Å².